The predicted molar refractivity (Wildman–Crippen MR) is 86.4 cm³/mol. The van der Waals surface area contributed by atoms with E-state index in [-0.39, 0.29) is 11.5 Å². The molecule has 2 rings (SSSR count). The maximum absolute atomic E-state index is 12.6. The third kappa shape index (κ3) is 3.85. The van der Waals surface area contributed by atoms with Crippen molar-refractivity contribution in [1.82, 2.24) is 0 Å². The number of rotatable bonds is 4. The van der Waals surface area contributed by atoms with Crippen molar-refractivity contribution >= 4 is 32.6 Å². The summed E-state index contributed by atoms with van der Waals surface area (Å²) in [6.45, 7) is 7.00. The molecular formula is C15H18IO6-. The summed E-state index contributed by atoms with van der Waals surface area (Å²) in [4.78, 5) is 23.1. The average Bonchev–Trinajstić information content (AvgIpc) is 2.42. The molecule has 7 heteroatoms. The molecule has 1 aromatic carbocycles. The molecule has 0 bridgehead atoms. The van der Waals surface area contributed by atoms with Crippen LogP contribution >= 0.6 is 21.1 Å². The molecule has 6 nitrogen and oxygen atoms in total. The summed E-state index contributed by atoms with van der Waals surface area (Å²) in [5, 5.41) is 0. The molecule has 22 heavy (non-hydrogen) atoms. The van der Waals surface area contributed by atoms with Crippen LogP contribution in [-0.2, 0) is 12.8 Å². The Kier molecular flexibility index (Phi) is 5.23. The van der Waals surface area contributed by atoms with Crippen molar-refractivity contribution in [1.29, 1.82) is 0 Å². The summed E-state index contributed by atoms with van der Waals surface area (Å²) in [5.74, 6) is -0.0608. The second-order valence-electron chi connectivity index (χ2n) is 5.87. The van der Waals surface area contributed by atoms with Gasteiger partial charge in [-0.2, -0.15) is 0 Å². The van der Waals surface area contributed by atoms with E-state index < -0.39 is 32.8 Å². The molecule has 1 atom stereocenters. The molecule has 1 unspecified atom stereocenters. The number of ketones is 1. The first-order valence-corrected chi connectivity index (χ1v) is 9.37. The van der Waals surface area contributed by atoms with Crippen molar-refractivity contribution in [2.24, 2.45) is 0 Å². The molecule has 0 amide bonds. The topological polar surface area (TPSA) is 88.1 Å². The molecule has 0 saturated carbocycles. The van der Waals surface area contributed by atoms with Crippen LogP contribution in [0.1, 0.15) is 43.6 Å². The van der Waals surface area contributed by atoms with Gasteiger partial charge in [-0.05, 0) is 0 Å². The van der Waals surface area contributed by atoms with Gasteiger partial charge in [-0.15, -0.1) is 0 Å². The number of hydrogen-bond acceptors (Lipinski definition) is 6. The van der Waals surface area contributed by atoms with E-state index in [4.69, 9.17) is 16.3 Å². The number of benzene rings is 1. The second kappa shape index (κ2) is 6.63. The van der Waals surface area contributed by atoms with Crippen molar-refractivity contribution in [2.45, 2.75) is 39.4 Å². The van der Waals surface area contributed by atoms with E-state index in [1.54, 1.807) is 52.0 Å². The number of halogens is 1. The number of carbonyl (C=O) groups is 1. The summed E-state index contributed by atoms with van der Waals surface area (Å²) in [5.41, 5.74) is 0.697. The fourth-order valence-corrected chi connectivity index (χ4v) is 3.00. The Balaban J connectivity index is 2.42. The normalized spacial score (nSPS) is 19.1. The molecule has 1 aliphatic rings. The van der Waals surface area contributed by atoms with Crippen LogP contribution in [0.5, 0.6) is 0 Å². The van der Waals surface area contributed by atoms with Crippen molar-refractivity contribution in [3.05, 3.63) is 41.0 Å². The Morgan fingerprint density at radius 1 is 1.23 bits per heavy atom. The molecule has 1 aromatic rings. The molecule has 0 aromatic heterocycles. The van der Waals surface area contributed by atoms with Crippen LogP contribution in [0, 0.1) is 0 Å². The third-order valence-corrected chi connectivity index (χ3v) is 3.78. The predicted octanol–water partition coefficient (Wildman–Crippen LogP) is 2.35. The van der Waals surface area contributed by atoms with Crippen LogP contribution in [0.2, 0.25) is 0 Å². The van der Waals surface area contributed by atoms with Gasteiger partial charge in [0.05, 0.1) is 0 Å². The van der Waals surface area contributed by atoms with Gasteiger partial charge in [-0.1, -0.05) is 0 Å². The number of carbonyl (C=O) groups excluding carboxylic acids is 1. The summed E-state index contributed by atoms with van der Waals surface area (Å²) < 4.78 is 25.4. The Bertz CT molecular complexity index is 602. The molecule has 1 N–H and O–H groups in total. The molecular weight excluding hydrogens is 403 g/mol. The summed E-state index contributed by atoms with van der Waals surface area (Å²) in [7, 11) is 0. The number of Topliss-reactive ketones (excluding diaryl/α,β-unsaturated/α-hetero) is 1. The molecule has 0 radical (unpaired) electrons. The minimum absolute atomic E-state index is 0.209. The third-order valence-electron chi connectivity index (χ3n) is 2.96. The van der Waals surface area contributed by atoms with Crippen LogP contribution in [0.4, 0.5) is 0 Å². The van der Waals surface area contributed by atoms with Crippen molar-refractivity contribution in [3.8, 4) is 0 Å². The Morgan fingerprint density at radius 2 is 1.82 bits per heavy atom. The molecule has 1 aliphatic carbocycles. The van der Waals surface area contributed by atoms with Crippen LogP contribution < -0.4 is 3.44 Å². The molecule has 0 fully saturated rings. The first-order valence-electron chi connectivity index (χ1n) is 6.65. The zero-order chi connectivity index (χ0) is 16.5. The zero-order valence-corrected chi connectivity index (χ0v) is 14.9. The van der Waals surface area contributed by atoms with Crippen LogP contribution in [0.3, 0.4) is 0 Å². The molecule has 0 aliphatic heterocycles. The monoisotopic (exact) mass is 421 g/mol. The van der Waals surface area contributed by atoms with Gasteiger partial charge >= 0.3 is 137 Å². The van der Waals surface area contributed by atoms with Crippen LogP contribution in [0.15, 0.2) is 29.8 Å². The van der Waals surface area contributed by atoms with Gasteiger partial charge in [-0.3, -0.25) is 0 Å². The minimum atomic E-state index is -3.73. The summed E-state index contributed by atoms with van der Waals surface area (Å²) in [6, 6.07) is 6.74. The van der Waals surface area contributed by atoms with Gasteiger partial charge in [0.25, 0.3) is 0 Å². The van der Waals surface area contributed by atoms with Crippen molar-refractivity contribution in [2.75, 3.05) is 0 Å². The van der Waals surface area contributed by atoms with Gasteiger partial charge in [0.1, 0.15) is 0 Å². The fraction of sp³-hybridized carbons (Fsp3) is 0.400. The Morgan fingerprint density at radius 3 is 2.36 bits per heavy atom. The standard InChI is InChI=1S/C15H18IO6/c1-9-13(20-16(18)19)11-8-6-5-7-10(11)12(17)14(9)21-22-15(2,3)4/h5-8,14,18H,1-4H3/q-1. The van der Waals surface area contributed by atoms with Gasteiger partial charge in [0.15, 0.2) is 0 Å². The summed E-state index contributed by atoms with van der Waals surface area (Å²) in [6.07, 6.45) is -1.00. The first-order chi connectivity index (χ1) is 10.2. The van der Waals surface area contributed by atoms with E-state index in [0.717, 1.165) is 0 Å². The first kappa shape index (κ1) is 17.4. The number of hydrogen-bond donors (Lipinski definition) is 1. The van der Waals surface area contributed by atoms with Crippen molar-refractivity contribution < 1.29 is 24.5 Å². The van der Waals surface area contributed by atoms with Gasteiger partial charge in [-0.25, -0.2) is 0 Å². The van der Waals surface area contributed by atoms with E-state index in [0.29, 0.717) is 16.7 Å². The molecule has 0 spiro atoms. The fourth-order valence-electron chi connectivity index (χ4n) is 2.04. The van der Waals surface area contributed by atoms with Gasteiger partial charge < -0.3 is 0 Å². The average molecular weight is 421 g/mol. The Hall–Kier alpha value is -1.00. The number of fused-ring (bicyclic) bond motifs is 1. The van der Waals surface area contributed by atoms with Gasteiger partial charge in [0, 0.05) is 0 Å². The van der Waals surface area contributed by atoms with Gasteiger partial charge in [0.2, 0.25) is 0 Å². The molecule has 0 saturated heterocycles. The molecule has 0 heterocycles. The van der Waals surface area contributed by atoms with Crippen LogP contribution in [-0.4, -0.2) is 20.9 Å². The quantitative estimate of drug-likeness (QED) is 0.456. The van der Waals surface area contributed by atoms with E-state index in [1.807, 2.05) is 0 Å². The Labute approximate surface area is 137 Å². The van der Waals surface area contributed by atoms with E-state index in [1.165, 1.54) is 0 Å². The van der Waals surface area contributed by atoms with Crippen molar-refractivity contribution in [3.63, 3.8) is 0 Å². The summed E-state index contributed by atoms with van der Waals surface area (Å²) >= 11 is -3.73. The van der Waals surface area contributed by atoms with Crippen LogP contribution in [0.25, 0.3) is 5.76 Å². The second-order valence-corrected chi connectivity index (χ2v) is 7.46. The maximum atomic E-state index is 12.6. The van der Waals surface area contributed by atoms with E-state index >= 15 is 0 Å². The SMILES string of the molecule is CC1=C(OI([O-])O)c2ccccc2C(=O)C1OOC(C)(C)C. The van der Waals surface area contributed by atoms with E-state index in [9.17, 15) is 8.23 Å². The zero-order valence-electron chi connectivity index (χ0n) is 12.8. The molecule has 122 valence electrons. The van der Waals surface area contributed by atoms with E-state index in [2.05, 4.69) is 0 Å².